The van der Waals surface area contributed by atoms with Crippen molar-refractivity contribution < 1.29 is 18.0 Å². The van der Waals surface area contributed by atoms with Crippen LogP contribution in [0, 0.1) is 12.8 Å². The van der Waals surface area contributed by atoms with Crippen molar-refractivity contribution in [3.8, 4) is 0 Å². The van der Waals surface area contributed by atoms with Crippen molar-refractivity contribution in [3.05, 3.63) is 94.1 Å². The molecule has 0 bridgehead atoms. The molecule has 2 aliphatic carbocycles. The number of rotatable bonds is 2. The average molecular weight is 401 g/mol. The van der Waals surface area contributed by atoms with Crippen LogP contribution in [-0.4, -0.2) is 25.0 Å². The standard InChI is InChI=1S/C23H15NO4S/c1-13-8-10-14(11-9-13)29(27,28)23-19-18(17-7-4-12-24-20(17)23)21(25)15-5-2-3-6-16(15)22(19)26/h2-12,19H,1H3. The van der Waals surface area contributed by atoms with Gasteiger partial charge in [0.15, 0.2) is 11.6 Å². The number of aromatic nitrogens is 1. The van der Waals surface area contributed by atoms with Crippen molar-refractivity contribution in [1.82, 2.24) is 4.98 Å². The van der Waals surface area contributed by atoms with Gasteiger partial charge >= 0.3 is 0 Å². The SMILES string of the molecule is Cc1ccc(S(=O)(=O)C2=c3ncccc3=C3C(=O)c4ccccc4C(=O)C32)cc1. The van der Waals surface area contributed by atoms with Gasteiger partial charge in [-0.2, -0.15) is 0 Å². The Morgan fingerprint density at radius 3 is 2.28 bits per heavy atom. The lowest BCUT2D eigenvalue weighted by molar-refractivity contribution is 0.0931. The van der Waals surface area contributed by atoms with Crippen molar-refractivity contribution in [2.75, 3.05) is 0 Å². The second kappa shape index (κ2) is 6.06. The normalized spacial score (nSPS) is 17.8. The summed E-state index contributed by atoms with van der Waals surface area (Å²) in [5, 5.41) is 0.596. The van der Waals surface area contributed by atoms with Gasteiger partial charge in [-0.3, -0.25) is 14.6 Å². The molecule has 2 aliphatic rings. The molecule has 0 spiro atoms. The van der Waals surface area contributed by atoms with Gasteiger partial charge in [-0.1, -0.05) is 48.0 Å². The molecule has 2 aromatic carbocycles. The van der Waals surface area contributed by atoms with Crippen LogP contribution < -0.4 is 10.6 Å². The van der Waals surface area contributed by atoms with Crippen LogP contribution in [-0.2, 0) is 9.84 Å². The zero-order valence-electron chi connectivity index (χ0n) is 15.4. The van der Waals surface area contributed by atoms with Crippen molar-refractivity contribution in [2.45, 2.75) is 11.8 Å². The minimum Gasteiger partial charge on any atom is -0.293 e. The van der Waals surface area contributed by atoms with Crippen LogP contribution in [0.4, 0.5) is 0 Å². The minimum absolute atomic E-state index is 0.0788. The lowest BCUT2D eigenvalue weighted by Gasteiger charge is -2.24. The first kappa shape index (κ1) is 17.7. The first-order chi connectivity index (χ1) is 13.9. The minimum atomic E-state index is -4.04. The van der Waals surface area contributed by atoms with Crippen LogP contribution in [0.3, 0.4) is 0 Å². The lowest BCUT2D eigenvalue weighted by Crippen LogP contribution is -2.31. The van der Waals surface area contributed by atoms with Crippen LogP contribution in [0.15, 0.2) is 71.8 Å². The predicted octanol–water partition coefficient (Wildman–Crippen LogP) is 1.83. The van der Waals surface area contributed by atoms with Crippen LogP contribution >= 0.6 is 0 Å². The fraction of sp³-hybridized carbons (Fsp3) is 0.0870. The number of hydrogen-bond acceptors (Lipinski definition) is 5. The molecule has 29 heavy (non-hydrogen) atoms. The summed E-state index contributed by atoms with van der Waals surface area (Å²) in [5.41, 5.74) is 1.66. The molecule has 1 aromatic heterocycles. The van der Waals surface area contributed by atoms with E-state index in [-0.39, 0.29) is 37.9 Å². The Bertz CT molecular complexity index is 1450. The van der Waals surface area contributed by atoms with Gasteiger partial charge in [-0.15, -0.1) is 0 Å². The summed E-state index contributed by atoms with van der Waals surface area (Å²) < 4.78 is 27.1. The molecule has 0 fully saturated rings. The highest BCUT2D eigenvalue weighted by atomic mass is 32.2. The molecule has 0 amide bonds. The topological polar surface area (TPSA) is 81.2 Å². The van der Waals surface area contributed by atoms with E-state index in [1.54, 1.807) is 48.5 Å². The van der Waals surface area contributed by atoms with Gasteiger partial charge in [0.25, 0.3) is 0 Å². The monoisotopic (exact) mass is 401 g/mol. The molecule has 0 aliphatic heterocycles. The molecule has 1 unspecified atom stereocenters. The summed E-state index contributed by atoms with van der Waals surface area (Å²) in [4.78, 5) is 30.8. The molecule has 5 nitrogen and oxygen atoms in total. The number of hydrogen-bond donors (Lipinski definition) is 0. The molecule has 0 N–H and O–H groups in total. The molecule has 0 saturated heterocycles. The third-order valence-corrected chi connectivity index (χ3v) is 7.35. The molecule has 6 heteroatoms. The number of carbonyl (C=O) groups excluding carboxylic acids is 2. The highest BCUT2D eigenvalue weighted by Crippen LogP contribution is 2.40. The Kier molecular flexibility index (Phi) is 3.70. The summed E-state index contributed by atoms with van der Waals surface area (Å²) in [6.07, 6.45) is 1.48. The third kappa shape index (κ3) is 2.39. The molecule has 1 atom stereocenters. The van der Waals surface area contributed by atoms with Gasteiger partial charge in [0.2, 0.25) is 9.84 Å². The molecule has 5 rings (SSSR count). The van der Waals surface area contributed by atoms with Gasteiger partial charge in [-0.05, 0) is 25.1 Å². The van der Waals surface area contributed by atoms with E-state index in [1.165, 1.54) is 18.3 Å². The van der Waals surface area contributed by atoms with Crippen LogP contribution in [0.25, 0.3) is 10.5 Å². The zero-order valence-corrected chi connectivity index (χ0v) is 16.2. The molecule has 142 valence electrons. The lowest BCUT2D eigenvalue weighted by atomic mass is 9.79. The summed E-state index contributed by atoms with van der Waals surface area (Å²) in [5.74, 6) is -1.89. The Hall–Kier alpha value is -3.38. The predicted molar refractivity (Wildman–Crippen MR) is 107 cm³/mol. The third-order valence-electron chi connectivity index (χ3n) is 5.45. The molecular weight excluding hydrogens is 386 g/mol. The van der Waals surface area contributed by atoms with E-state index in [0.29, 0.717) is 10.8 Å². The summed E-state index contributed by atoms with van der Waals surface area (Å²) in [6.45, 7) is 1.86. The number of benzene rings is 2. The quantitative estimate of drug-likeness (QED) is 0.655. The fourth-order valence-electron chi connectivity index (χ4n) is 4.07. The van der Waals surface area contributed by atoms with Crippen molar-refractivity contribution >= 4 is 31.9 Å². The highest BCUT2D eigenvalue weighted by molar-refractivity contribution is 8.00. The smallest absolute Gasteiger partial charge is 0.206 e. The Morgan fingerprint density at radius 1 is 0.862 bits per heavy atom. The number of ketones is 2. The number of fused-ring (bicyclic) bond motifs is 3. The fourth-order valence-corrected chi connectivity index (χ4v) is 5.77. The van der Waals surface area contributed by atoms with Gasteiger partial charge < -0.3 is 0 Å². The maximum absolute atomic E-state index is 13.6. The molecule has 0 saturated carbocycles. The Morgan fingerprint density at radius 2 is 1.55 bits per heavy atom. The molecule has 1 heterocycles. The Balaban J connectivity index is 1.87. The van der Waals surface area contributed by atoms with Gasteiger partial charge in [0.05, 0.1) is 21.1 Å². The molecule has 3 aromatic rings. The van der Waals surface area contributed by atoms with Crippen LogP contribution in [0.2, 0.25) is 0 Å². The molecule has 0 radical (unpaired) electrons. The van der Waals surface area contributed by atoms with E-state index >= 15 is 0 Å². The van der Waals surface area contributed by atoms with Gasteiger partial charge in [0, 0.05) is 28.1 Å². The van der Waals surface area contributed by atoms with Crippen molar-refractivity contribution in [1.29, 1.82) is 0 Å². The van der Waals surface area contributed by atoms with E-state index in [2.05, 4.69) is 4.98 Å². The average Bonchev–Trinajstić information content (AvgIpc) is 3.09. The maximum atomic E-state index is 13.6. The first-order valence-electron chi connectivity index (χ1n) is 9.10. The zero-order chi connectivity index (χ0) is 20.3. The molecular formula is C23H15NO4S. The first-order valence-corrected chi connectivity index (χ1v) is 10.6. The van der Waals surface area contributed by atoms with E-state index in [1.807, 2.05) is 6.92 Å². The second-order valence-electron chi connectivity index (χ2n) is 7.17. The largest absolute Gasteiger partial charge is 0.293 e. The highest BCUT2D eigenvalue weighted by Gasteiger charge is 2.47. The van der Waals surface area contributed by atoms with E-state index in [4.69, 9.17) is 0 Å². The van der Waals surface area contributed by atoms with Crippen molar-refractivity contribution in [2.24, 2.45) is 5.92 Å². The maximum Gasteiger partial charge on any atom is 0.206 e. The van der Waals surface area contributed by atoms with E-state index < -0.39 is 15.8 Å². The number of pyridine rings is 1. The van der Waals surface area contributed by atoms with Gasteiger partial charge in [-0.25, -0.2) is 8.42 Å². The summed E-state index contributed by atoms with van der Waals surface area (Å²) >= 11 is 0. The number of Topliss-reactive ketones (excluding diaryl/α,β-unsaturated/α-hetero) is 2. The van der Waals surface area contributed by atoms with Crippen molar-refractivity contribution in [3.63, 3.8) is 0 Å². The van der Waals surface area contributed by atoms with Crippen LogP contribution in [0.5, 0.6) is 0 Å². The number of aryl methyl sites for hydroxylation is 1. The number of sulfone groups is 1. The number of carbonyl (C=O) groups is 2. The van der Waals surface area contributed by atoms with E-state index in [9.17, 15) is 18.0 Å². The summed E-state index contributed by atoms with van der Waals surface area (Å²) in [6, 6.07) is 16.3. The van der Waals surface area contributed by atoms with Crippen LogP contribution in [0.1, 0.15) is 26.3 Å². The summed E-state index contributed by atoms with van der Waals surface area (Å²) in [7, 11) is -4.04. The second-order valence-corrected chi connectivity index (χ2v) is 9.08. The van der Waals surface area contributed by atoms with Gasteiger partial charge in [0.1, 0.15) is 0 Å². The number of nitrogens with zero attached hydrogens (tertiary/aromatic N) is 1. The van der Waals surface area contributed by atoms with E-state index in [0.717, 1.165) is 5.56 Å². The Labute approximate surface area is 167 Å².